The number of hydrogen-bond acceptors (Lipinski definition) is 5. The number of nitrogens with one attached hydrogen (secondary N) is 2. The molecule has 0 spiro atoms. The van der Waals surface area contributed by atoms with Crippen molar-refractivity contribution in [2.45, 2.75) is 19.9 Å². The number of carbonyl (C=O) groups excluding carboxylic acids is 1. The summed E-state index contributed by atoms with van der Waals surface area (Å²) in [5.74, 6) is -0.0218. The first-order valence-corrected chi connectivity index (χ1v) is 7.67. The van der Waals surface area contributed by atoms with Crippen LogP contribution >= 0.6 is 27.3 Å². The van der Waals surface area contributed by atoms with Gasteiger partial charge in [0.2, 0.25) is 0 Å². The Hall–Kier alpha value is -1.60. The van der Waals surface area contributed by atoms with Crippen LogP contribution in [-0.4, -0.2) is 16.9 Å². The quantitative estimate of drug-likeness (QED) is 0.783. The minimum Gasteiger partial charge on any atom is -0.382 e. The van der Waals surface area contributed by atoms with Gasteiger partial charge in [-0.15, -0.1) is 0 Å². The number of aromatic nitrogens is 1. The number of nitrogens with two attached hydrogens (primary N) is 1. The largest absolute Gasteiger partial charge is 0.382 e. The molecule has 0 radical (unpaired) electrons. The van der Waals surface area contributed by atoms with Gasteiger partial charge in [0.15, 0.2) is 5.13 Å². The summed E-state index contributed by atoms with van der Waals surface area (Å²) in [6.07, 6.45) is 0. The maximum absolute atomic E-state index is 12.2. The number of para-hydroxylation sites is 1. The van der Waals surface area contributed by atoms with Crippen molar-refractivity contribution in [1.29, 1.82) is 0 Å². The highest BCUT2D eigenvalue weighted by Crippen LogP contribution is 2.28. The first-order chi connectivity index (χ1) is 9.47. The van der Waals surface area contributed by atoms with E-state index in [0.29, 0.717) is 15.7 Å². The summed E-state index contributed by atoms with van der Waals surface area (Å²) in [6, 6.07) is 7.64. The molecule has 7 heteroatoms. The van der Waals surface area contributed by atoms with Crippen molar-refractivity contribution in [3.63, 3.8) is 0 Å². The van der Waals surface area contributed by atoms with E-state index in [1.807, 2.05) is 38.1 Å². The van der Waals surface area contributed by atoms with Gasteiger partial charge in [-0.1, -0.05) is 23.5 Å². The highest BCUT2D eigenvalue weighted by atomic mass is 79.9. The fourth-order valence-corrected chi connectivity index (χ4v) is 2.85. The molecule has 20 heavy (non-hydrogen) atoms. The van der Waals surface area contributed by atoms with E-state index >= 15 is 0 Å². The Morgan fingerprint density at radius 1 is 1.40 bits per heavy atom. The van der Waals surface area contributed by atoms with Gasteiger partial charge in [-0.25, -0.2) is 4.98 Å². The van der Waals surface area contributed by atoms with Gasteiger partial charge < -0.3 is 16.4 Å². The molecule has 106 valence electrons. The fraction of sp³-hybridized carbons (Fsp3) is 0.231. The standard InChI is InChI=1S/C13H15BrN4OS/c1-7(2)16-13-18-11(15)10(20-13)12(19)17-9-6-4-3-5-8(9)14/h3-7H,15H2,1-2H3,(H,16,18)(H,17,19). The Kier molecular flexibility index (Phi) is 4.61. The van der Waals surface area contributed by atoms with E-state index in [0.717, 1.165) is 4.47 Å². The van der Waals surface area contributed by atoms with Crippen LogP contribution in [0.1, 0.15) is 23.5 Å². The van der Waals surface area contributed by atoms with Crippen LogP contribution in [0, 0.1) is 0 Å². The van der Waals surface area contributed by atoms with Gasteiger partial charge in [-0.05, 0) is 41.9 Å². The van der Waals surface area contributed by atoms with Crippen LogP contribution in [0.4, 0.5) is 16.6 Å². The van der Waals surface area contributed by atoms with E-state index in [-0.39, 0.29) is 17.8 Å². The minimum atomic E-state index is -0.260. The Balaban J connectivity index is 2.17. The average Bonchev–Trinajstić information content (AvgIpc) is 2.72. The van der Waals surface area contributed by atoms with Crippen molar-refractivity contribution < 1.29 is 4.79 Å². The number of nitrogens with zero attached hydrogens (tertiary/aromatic N) is 1. The van der Waals surface area contributed by atoms with Crippen LogP contribution in [0.2, 0.25) is 0 Å². The molecule has 5 nitrogen and oxygen atoms in total. The van der Waals surface area contributed by atoms with Crippen molar-refractivity contribution in [3.05, 3.63) is 33.6 Å². The van der Waals surface area contributed by atoms with Crippen molar-refractivity contribution >= 4 is 49.8 Å². The minimum absolute atomic E-state index is 0.236. The monoisotopic (exact) mass is 354 g/mol. The lowest BCUT2D eigenvalue weighted by molar-refractivity contribution is 0.103. The number of nitrogen functional groups attached to an aromatic ring is 1. The number of carbonyl (C=O) groups is 1. The Bertz CT molecular complexity index is 627. The molecule has 0 unspecified atom stereocenters. The predicted molar refractivity (Wildman–Crippen MR) is 87.4 cm³/mol. The predicted octanol–water partition coefficient (Wildman–Crippen LogP) is 3.56. The molecule has 0 atom stereocenters. The lowest BCUT2D eigenvalue weighted by Crippen LogP contribution is -2.12. The lowest BCUT2D eigenvalue weighted by atomic mass is 10.3. The number of rotatable bonds is 4. The van der Waals surface area contributed by atoms with Gasteiger partial charge >= 0.3 is 0 Å². The van der Waals surface area contributed by atoms with Crippen LogP contribution in [0.15, 0.2) is 28.7 Å². The number of thiazole rings is 1. The molecule has 0 aliphatic rings. The van der Waals surface area contributed by atoms with Gasteiger partial charge in [0.05, 0.1) is 5.69 Å². The van der Waals surface area contributed by atoms with Crippen LogP contribution in [-0.2, 0) is 0 Å². The van der Waals surface area contributed by atoms with Crippen molar-refractivity contribution in [2.24, 2.45) is 0 Å². The summed E-state index contributed by atoms with van der Waals surface area (Å²) < 4.78 is 0.817. The van der Waals surface area contributed by atoms with E-state index in [9.17, 15) is 4.79 Å². The second kappa shape index (κ2) is 6.23. The molecule has 1 aromatic heterocycles. The fourth-order valence-electron chi connectivity index (χ4n) is 1.54. The summed E-state index contributed by atoms with van der Waals surface area (Å²) in [6.45, 7) is 4.00. The normalized spacial score (nSPS) is 10.6. The van der Waals surface area contributed by atoms with E-state index < -0.39 is 0 Å². The average molecular weight is 355 g/mol. The Labute approximate surface area is 129 Å². The third kappa shape index (κ3) is 3.49. The molecule has 2 aromatic rings. The topological polar surface area (TPSA) is 80.0 Å². The molecule has 0 fully saturated rings. The zero-order chi connectivity index (χ0) is 14.7. The molecular formula is C13H15BrN4OS. The molecule has 1 aromatic carbocycles. The van der Waals surface area contributed by atoms with Crippen molar-refractivity contribution in [2.75, 3.05) is 16.4 Å². The van der Waals surface area contributed by atoms with Crippen LogP contribution in [0.25, 0.3) is 0 Å². The molecule has 2 rings (SSSR count). The zero-order valence-electron chi connectivity index (χ0n) is 11.1. The number of halogens is 1. The number of benzene rings is 1. The van der Waals surface area contributed by atoms with Crippen molar-refractivity contribution in [1.82, 2.24) is 4.98 Å². The van der Waals surface area contributed by atoms with E-state index in [4.69, 9.17) is 5.73 Å². The second-order valence-electron chi connectivity index (χ2n) is 4.47. The summed E-state index contributed by atoms with van der Waals surface area (Å²) in [7, 11) is 0. The summed E-state index contributed by atoms with van der Waals surface area (Å²) >= 11 is 4.63. The highest BCUT2D eigenvalue weighted by molar-refractivity contribution is 9.10. The van der Waals surface area contributed by atoms with Gasteiger partial charge in [-0.3, -0.25) is 4.79 Å². The van der Waals surface area contributed by atoms with Crippen molar-refractivity contribution in [3.8, 4) is 0 Å². The van der Waals surface area contributed by atoms with Crippen LogP contribution < -0.4 is 16.4 Å². The van der Waals surface area contributed by atoms with Gasteiger partial charge in [0, 0.05) is 10.5 Å². The second-order valence-corrected chi connectivity index (χ2v) is 6.32. The number of anilines is 3. The number of amides is 1. The van der Waals surface area contributed by atoms with E-state index in [1.54, 1.807) is 0 Å². The van der Waals surface area contributed by atoms with Gasteiger partial charge in [-0.2, -0.15) is 0 Å². The molecule has 4 N–H and O–H groups in total. The molecule has 1 heterocycles. The highest BCUT2D eigenvalue weighted by Gasteiger charge is 2.17. The first kappa shape index (κ1) is 14.8. The van der Waals surface area contributed by atoms with Crippen LogP contribution in [0.3, 0.4) is 0 Å². The third-order valence-corrected chi connectivity index (χ3v) is 4.09. The first-order valence-electron chi connectivity index (χ1n) is 6.06. The summed E-state index contributed by atoms with van der Waals surface area (Å²) in [5, 5.41) is 6.59. The maximum atomic E-state index is 12.2. The zero-order valence-corrected chi connectivity index (χ0v) is 13.5. The van der Waals surface area contributed by atoms with E-state index in [2.05, 4.69) is 31.5 Å². The SMILES string of the molecule is CC(C)Nc1nc(N)c(C(=O)Nc2ccccc2Br)s1. The molecular weight excluding hydrogens is 340 g/mol. The smallest absolute Gasteiger partial charge is 0.269 e. The maximum Gasteiger partial charge on any atom is 0.269 e. The third-order valence-electron chi connectivity index (χ3n) is 2.39. The van der Waals surface area contributed by atoms with E-state index in [1.165, 1.54) is 11.3 Å². The molecule has 1 amide bonds. The molecule has 0 saturated heterocycles. The Morgan fingerprint density at radius 2 is 2.10 bits per heavy atom. The lowest BCUT2D eigenvalue weighted by Gasteiger charge is -2.06. The number of hydrogen-bond donors (Lipinski definition) is 3. The molecule has 0 aliphatic heterocycles. The van der Waals surface area contributed by atoms with Gasteiger partial charge in [0.1, 0.15) is 10.7 Å². The molecule has 0 saturated carbocycles. The van der Waals surface area contributed by atoms with Crippen LogP contribution in [0.5, 0.6) is 0 Å². The molecule has 0 bridgehead atoms. The molecule has 0 aliphatic carbocycles. The van der Waals surface area contributed by atoms with Gasteiger partial charge in [0.25, 0.3) is 5.91 Å². The Morgan fingerprint density at radius 3 is 2.75 bits per heavy atom. The summed E-state index contributed by atoms with van der Waals surface area (Å²) in [4.78, 5) is 16.8. The summed E-state index contributed by atoms with van der Waals surface area (Å²) in [5.41, 5.74) is 6.49.